The number of carbonyl (C=O) groups is 2. The van der Waals surface area contributed by atoms with Crippen LogP contribution in [0.4, 0.5) is 0 Å². The van der Waals surface area contributed by atoms with Crippen LogP contribution in [0.15, 0.2) is 34.8 Å². The van der Waals surface area contributed by atoms with Gasteiger partial charge in [-0.2, -0.15) is 5.10 Å². The smallest absolute Gasteiger partial charge is 0.323 e. The van der Waals surface area contributed by atoms with Crippen LogP contribution in [0.25, 0.3) is 11.3 Å². The summed E-state index contributed by atoms with van der Waals surface area (Å²) < 4.78 is 5.85. The van der Waals surface area contributed by atoms with Gasteiger partial charge in [-0.3, -0.25) is 14.7 Å². The molecule has 0 atom stereocenters. The number of ether oxygens (including phenoxy) is 1. The Labute approximate surface area is 141 Å². The number of amides is 1. The minimum atomic E-state index is -1.08. The lowest BCUT2D eigenvalue weighted by atomic mass is 10.1. The van der Waals surface area contributed by atoms with Crippen molar-refractivity contribution in [3.05, 3.63) is 40.5 Å². The fourth-order valence-corrected chi connectivity index (χ4v) is 2.25. The van der Waals surface area contributed by atoms with Crippen molar-refractivity contribution in [1.82, 2.24) is 15.1 Å². The molecule has 0 spiro atoms. The number of aromatic amines is 1. The number of aromatic nitrogens is 2. The van der Waals surface area contributed by atoms with E-state index in [1.165, 1.54) is 12.0 Å². The number of nitrogens with one attached hydrogen (secondary N) is 1. The van der Waals surface area contributed by atoms with Crippen molar-refractivity contribution in [2.45, 2.75) is 0 Å². The highest BCUT2D eigenvalue weighted by molar-refractivity contribution is 9.10. The normalized spacial score (nSPS) is 10.5. The Kier molecular flexibility index (Phi) is 5.89. The molecule has 8 heteroatoms. The molecule has 0 bridgehead atoms. The first kappa shape index (κ1) is 17.2. The summed E-state index contributed by atoms with van der Waals surface area (Å²) in [5, 5.41) is 15.7. The third-order valence-corrected chi connectivity index (χ3v) is 3.66. The lowest BCUT2D eigenvalue weighted by molar-refractivity contribution is -0.137. The van der Waals surface area contributed by atoms with Crippen LogP contribution in [0.2, 0.25) is 0 Å². The van der Waals surface area contributed by atoms with Crippen LogP contribution < -0.4 is 0 Å². The van der Waals surface area contributed by atoms with Gasteiger partial charge in [0.25, 0.3) is 5.91 Å². The Morgan fingerprint density at radius 1 is 1.35 bits per heavy atom. The summed E-state index contributed by atoms with van der Waals surface area (Å²) in [5.74, 6) is -1.51. The van der Waals surface area contributed by atoms with Gasteiger partial charge in [-0.05, 0) is 18.2 Å². The Bertz CT molecular complexity index is 684. The van der Waals surface area contributed by atoms with Crippen molar-refractivity contribution in [3.63, 3.8) is 0 Å². The molecular formula is C15H16BrN3O4. The minimum absolute atomic E-state index is 0.189. The second kappa shape index (κ2) is 7.89. The number of hydrogen-bond acceptors (Lipinski definition) is 4. The van der Waals surface area contributed by atoms with Crippen LogP contribution in [0.5, 0.6) is 0 Å². The van der Waals surface area contributed by atoms with E-state index in [-0.39, 0.29) is 18.8 Å². The number of carboxylic acid groups (broad SMARTS) is 1. The van der Waals surface area contributed by atoms with Crippen molar-refractivity contribution >= 4 is 27.8 Å². The number of H-pyrrole nitrogens is 1. The quantitative estimate of drug-likeness (QED) is 0.764. The molecule has 2 N–H and O–H groups in total. The third-order valence-electron chi connectivity index (χ3n) is 3.13. The summed E-state index contributed by atoms with van der Waals surface area (Å²) >= 11 is 3.36. The second-order valence-electron chi connectivity index (χ2n) is 4.79. The molecule has 7 nitrogen and oxygen atoms in total. The van der Waals surface area contributed by atoms with E-state index in [9.17, 15) is 9.59 Å². The van der Waals surface area contributed by atoms with Crippen LogP contribution in [-0.2, 0) is 9.53 Å². The van der Waals surface area contributed by atoms with Crippen LogP contribution in [0, 0.1) is 0 Å². The van der Waals surface area contributed by atoms with Gasteiger partial charge in [-0.1, -0.05) is 28.1 Å². The Morgan fingerprint density at radius 2 is 2.04 bits per heavy atom. The Balaban J connectivity index is 2.17. The monoisotopic (exact) mass is 381 g/mol. The van der Waals surface area contributed by atoms with E-state index in [2.05, 4.69) is 26.1 Å². The molecular weight excluding hydrogens is 366 g/mol. The molecule has 2 rings (SSSR count). The molecule has 0 saturated carbocycles. The lowest BCUT2D eigenvalue weighted by Gasteiger charge is -2.19. The number of methoxy groups -OCH3 is 1. The van der Waals surface area contributed by atoms with Gasteiger partial charge in [0, 0.05) is 23.7 Å². The number of hydrogen-bond donors (Lipinski definition) is 2. The van der Waals surface area contributed by atoms with Gasteiger partial charge in [0.2, 0.25) is 0 Å². The highest BCUT2D eigenvalue weighted by Crippen LogP contribution is 2.20. The zero-order chi connectivity index (χ0) is 16.8. The van der Waals surface area contributed by atoms with E-state index in [1.807, 2.05) is 24.3 Å². The molecule has 0 fully saturated rings. The van der Waals surface area contributed by atoms with Crippen molar-refractivity contribution in [2.75, 3.05) is 26.8 Å². The average Bonchev–Trinajstić information content (AvgIpc) is 3.01. The topological polar surface area (TPSA) is 95.5 Å². The predicted octanol–water partition coefficient (Wildman–Crippen LogP) is 2.01. The van der Waals surface area contributed by atoms with Gasteiger partial charge in [0.05, 0.1) is 12.3 Å². The molecule has 1 heterocycles. The maximum atomic E-state index is 12.4. The molecule has 0 saturated heterocycles. The van der Waals surface area contributed by atoms with Gasteiger partial charge in [0.15, 0.2) is 0 Å². The molecule has 1 aromatic carbocycles. The van der Waals surface area contributed by atoms with Crippen molar-refractivity contribution < 1.29 is 19.4 Å². The SMILES string of the molecule is COCCN(CC(=O)O)C(=O)c1cc(-c2ccc(Br)cc2)n[nH]1. The van der Waals surface area contributed by atoms with E-state index < -0.39 is 18.4 Å². The molecule has 1 aromatic heterocycles. The van der Waals surface area contributed by atoms with E-state index in [0.717, 1.165) is 10.0 Å². The van der Waals surface area contributed by atoms with Gasteiger partial charge >= 0.3 is 5.97 Å². The van der Waals surface area contributed by atoms with Gasteiger partial charge in [-0.15, -0.1) is 0 Å². The standard InChI is InChI=1S/C15H16BrN3O4/c1-23-7-6-19(9-14(20)21)15(22)13-8-12(17-18-13)10-2-4-11(16)5-3-10/h2-5,8H,6-7,9H2,1H3,(H,17,18)(H,20,21). The maximum absolute atomic E-state index is 12.4. The molecule has 23 heavy (non-hydrogen) atoms. The number of aliphatic carboxylic acids is 1. The van der Waals surface area contributed by atoms with E-state index >= 15 is 0 Å². The molecule has 0 radical (unpaired) electrons. The summed E-state index contributed by atoms with van der Waals surface area (Å²) in [6.07, 6.45) is 0. The Morgan fingerprint density at radius 3 is 2.65 bits per heavy atom. The first-order chi connectivity index (χ1) is 11.0. The summed E-state index contributed by atoms with van der Waals surface area (Å²) in [6, 6.07) is 9.10. The first-order valence-corrected chi connectivity index (χ1v) is 7.62. The number of halogens is 1. The fraction of sp³-hybridized carbons (Fsp3) is 0.267. The van der Waals surface area contributed by atoms with Crippen LogP contribution >= 0.6 is 15.9 Å². The number of carbonyl (C=O) groups excluding carboxylic acids is 1. The van der Waals surface area contributed by atoms with Crippen molar-refractivity contribution in [1.29, 1.82) is 0 Å². The van der Waals surface area contributed by atoms with Crippen molar-refractivity contribution in [2.24, 2.45) is 0 Å². The molecule has 0 aliphatic heterocycles. The summed E-state index contributed by atoms with van der Waals surface area (Å²) in [5.41, 5.74) is 1.70. The summed E-state index contributed by atoms with van der Waals surface area (Å²) in [7, 11) is 1.49. The van der Waals surface area contributed by atoms with E-state index in [1.54, 1.807) is 6.07 Å². The average molecular weight is 382 g/mol. The lowest BCUT2D eigenvalue weighted by Crippen LogP contribution is -2.38. The Hall–Kier alpha value is -2.19. The van der Waals surface area contributed by atoms with E-state index in [4.69, 9.17) is 9.84 Å². The van der Waals surface area contributed by atoms with Gasteiger partial charge in [0.1, 0.15) is 12.2 Å². The zero-order valence-corrected chi connectivity index (χ0v) is 14.0. The van der Waals surface area contributed by atoms with Gasteiger partial charge in [-0.25, -0.2) is 0 Å². The number of rotatable bonds is 7. The highest BCUT2D eigenvalue weighted by atomic mass is 79.9. The zero-order valence-electron chi connectivity index (χ0n) is 12.5. The van der Waals surface area contributed by atoms with E-state index in [0.29, 0.717) is 5.69 Å². The van der Waals surface area contributed by atoms with Crippen LogP contribution in [0.1, 0.15) is 10.5 Å². The second-order valence-corrected chi connectivity index (χ2v) is 5.70. The molecule has 0 aliphatic rings. The highest BCUT2D eigenvalue weighted by Gasteiger charge is 2.20. The minimum Gasteiger partial charge on any atom is -0.480 e. The molecule has 2 aromatic rings. The first-order valence-electron chi connectivity index (χ1n) is 6.82. The maximum Gasteiger partial charge on any atom is 0.323 e. The molecule has 0 aliphatic carbocycles. The predicted molar refractivity (Wildman–Crippen MR) is 87.1 cm³/mol. The van der Waals surface area contributed by atoms with Crippen molar-refractivity contribution in [3.8, 4) is 11.3 Å². The van der Waals surface area contributed by atoms with Crippen LogP contribution in [-0.4, -0.2) is 58.9 Å². The summed E-state index contributed by atoms with van der Waals surface area (Å²) in [6.45, 7) is 0.0514. The fourth-order valence-electron chi connectivity index (χ4n) is 1.99. The molecule has 0 unspecified atom stereocenters. The summed E-state index contributed by atoms with van der Waals surface area (Å²) in [4.78, 5) is 24.5. The number of benzene rings is 1. The van der Waals surface area contributed by atoms with Gasteiger partial charge < -0.3 is 14.7 Å². The molecule has 1 amide bonds. The molecule has 122 valence electrons. The number of nitrogens with zero attached hydrogens (tertiary/aromatic N) is 2. The largest absolute Gasteiger partial charge is 0.480 e. The number of carboxylic acids is 1. The third kappa shape index (κ3) is 4.64. The van der Waals surface area contributed by atoms with Crippen LogP contribution in [0.3, 0.4) is 0 Å².